The molecule has 1 aromatic rings. The maximum absolute atomic E-state index is 10.7. The van der Waals surface area contributed by atoms with Crippen LogP contribution in [0.5, 0.6) is 5.75 Å². The summed E-state index contributed by atoms with van der Waals surface area (Å²) in [5.74, 6) is -0.243. The van der Waals surface area contributed by atoms with Crippen LogP contribution in [0.1, 0.15) is 5.56 Å². The number of benzene rings is 1. The Balaban J connectivity index is 2.74. The molecule has 15 heavy (non-hydrogen) atoms. The van der Waals surface area contributed by atoms with Crippen molar-refractivity contribution >= 4 is 5.97 Å². The first kappa shape index (κ1) is 11.5. The van der Waals surface area contributed by atoms with Crippen molar-refractivity contribution in [2.75, 3.05) is 14.2 Å². The molecule has 0 bridgehead atoms. The van der Waals surface area contributed by atoms with Gasteiger partial charge in [-0.2, -0.15) is 0 Å². The van der Waals surface area contributed by atoms with Crippen molar-refractivity contribution < 1.29 is 19.4 Å². The van der Waals surface area contributed by atoms with Gasteiger partial charge in [0.2, 0.25) is 0 Å². The first-order chi connectivity index (χ1) is 7.17. The van der Waals surface area contributed by atoms with E-state index in [4.69, 9.17) is 14.6 Å². The maximum Gasteiger partial charge on any atom is 0.333 e. The largest absolute Gasteiger partial charge is 0.497 e. The molecule has 1 atom stereocenters. The molecule has 0 aliphatic carbocycles. The van der Waals surface area contributed by atoms with Crippen molar-refractivity contribution in [1.82, 2.24) is 0 Å². The van der Waals surface area contributed by atoms with Crippen LogP contribution in [-0.4, -0.2) is 31.4 Å². The van der Waals surface area contributed by atoms with Crippen molar-refractivity contribution in [3.8, 4) is 5.75 Å². The summed E-state index contributed by atoms with van der Waals surface area (Å²) in [5, 5.41) is 8.80. The number of hydrogen-bond acceptors (Lipinski definition) is 3. The summed E-state index contributed by atoms with van der Waals surface area (Å²) in [6.07, 6.45) is -0.472. The Bertz CT molecular complexity index is 335. The van der Waals surface area contributed by atoms with Gasteiger partial charge in [-0.25, -0.2) is 4.79 Å². The summed E-state index contributed by atoms with van der Waals surface area (Å²) in [6.45, 7) is 0. The van der Waals surface area contributed by atoms with Gasteiger partial charge in [-0.15, -0.1) is 0 Å². The van der Waals surface area contributed by atoms with Gasteiger partial charge >= 0.3 is 5.97 Å². The van der Waals surface area contributed by atoms with Crippen LogP contribution in [0.3, 0.4) is 0 Å². The van der Waals surface area contributed by atoms with Gasteiger partial charge in [0.15, 0.2) is 6.10 Å². The van der Waals surface area contributed by atoms with Crippen molar-refractivity contribution in [2.24, 2.45) is 0 Å². The highest BCUT2D eigenvalue weighted by Gasteiger charge is 2.16. The van der Waals surface area contributed by atoms with Gasteiger partial charge in [0.05, 0.1) is 7.11 Å². The van der Waals surface area contributed by atoms with Gasteiger partial charge in [0, 0.05) is 13.5 Å². The second-order valence-electron chi connectivity index (χ2n) is 3.12. The molecule has 1 aromatic carbocycles. The highest BCUT2D eigenvalue weighted by molar-refractivity contribution is 5.72. The van der Waals surface area contributed by atoms with Gasteiger partial charge in [-0.3, -0.25) is 0 Å². The Hall–Kier alpha value is -1.55. The van der Waals surface area contributed by atoms with Crippen LogP contribution in [0.25, 0.3) is 0 Å². The van der Waals surface area contributed by atoms with E-state index in [1.54, 1.807) is 13.2 Å². The molecule has 0 saturated heterocycles. The Morgan fingerprint density at radius 1 is 1.47 bits per heavy atom. The van der Waals surface area contributed by atoms with Gasteiger partial charge in [0.1, 0.15) is 5.75 Å². The molecule has 0 aliphatic rings. The van der Waals surface area contributed by atoms with Crippen LogP contribution < -0.4 is 4.74 Å². The lowest BCUT2D eigenvalue weighted by Crippen LogP contribution is -2.24. The van der Waals surface area contributed by atoms with Crippen molar-refractivity contribution in [3.63, 3.8) is 0 Å². The van der Waals surface area contributed by atoms with Crippen molar-refractivity contribution in [1.29, 1.82) is 0 Å². The molecular weight excluding hydrogens is 196 g/mol. The lowest BCUT2D eigenvalue weighted by atomic mass is 10.1. The molecule has 0 aromatic heterocycles. The molecule has 82 valence electrons. The fourth-order valence-corrected chi connectivity index (χ4v) is 1.28. The van der Waals surface area contributed by atoms with Crippen LogP contribution in [0, 0.1) is 0 Å². The molecule has 0 fully saturated rings. The number of methoxy groups -OCH3 is 2. The Morgan fingerprint density at radius 2 is 2.20 bits per heavy atom. The van der Waals surface area contributed by atoms with Crippen LogP contribution in [0.2, 0.25) is 0 Å². The minimum atomic E-state index is -0.958. The number of rotatable bonds is 5. The third kappa shape index (κ3) is 3.25. The normalized spacial score (nSPS) is 12.1. The first-order valence-corrected chi connectivity index (χ1v) is 4.56. The molecule has 0 unspecified atom stereocenters. The SMILES string of the molecule is COc1cccc(C[C@H](OC)C(=O)O)c1. The molecule has 4 nitrogen and oxygen atoms in total. The maximum atomic E-state index is 10.7. The molecule has 4 heteroatoms. The quantitative estimate of drug-likeness (QED) is 0.796. The molecule has 0 saturated carbocycles. The third-order valence-corrected chi connectivity index (χ3v) is 2.12. The minimum Gasteiger partial charge on any atom is -0.497 e. The summed E-state index contributed by atoms with van der Waals surface area (Å²) in [7, 11) is 2.96. The van der Waals surface area contributed by atoms with E-state index in [0.717, 1.165) is 5.56 Å². The highest BCUT2D eigenvalue weighted by atomic mass is 16.5. The molecule has 0 aliphatic heterocycles. The molecule has 0 spiro atoms. The number of carboxylic acids is 1. The summed E-state index contributed by atoms with van der Waals surface area (Å²) in [6, 6.07) is 7.28. The van der Waals surface area contributed by atoms with Gasteiger partial charge in [-0.1, -0.05) is 12.1 Å². The topological polar surface area (TPSA) is 55.8 Å². The zero-order chi connectivity index (χ0) is 11.3. The second-order valence-corrected chi connectivity index (χ2v) is 3.12. The van der Waals surface area contributed by atoms with Crippen LogP contribution in [0.4, 0.5) is 0 Å². The van der Waals surface area contributed by atoms with Crippen LogP contribution in [-0.2, 0) is 16.0 Å². The number of hydrogen-bond donors (Lipinski definition) is 1. The smallest absolute Gasteiger partial charge is 0.333 e. The predicted molar refractivity (Wildman–Crippen MR) is 55.1 cm³/mol. The fraction of sp³-hybridized carbons (Fsp3) is 0.364. The standard InChI is InChI=1S/C11H14O4/c1-14-9-5-3-4-8(6-9)7-10(15-2)11(12)13/h3-6,10H,7H2,1-2H3,(H,12,13)/t10-/m0/s1. The van der Waals surface area contributed by atoms with E-state index in [0.29, 0.717) is 12.2 Å². The van der Waals surface area contributed by atoms with Crippen molar-refractivity contribution in [2.45, 2.75) is 12.5 Å². The molecular formula is C11H14O4. The van der Waals surface area contributed by atoms with Gasteiger partial charge < -0.3 is 14.6 Å². The second kappa shape index (κ2) is 5.36. The monoisotopic (exact) mass is 210 g/mol. The third-order valence-electron chi connectivity index (χ3n) is 2.12. The van der Waals surface area contributed by atoms with E-state index in [1.807, 2.05) is 18.2 Å². The lowest BCUT2D eigenvalue weighted by Gasteiger charge is -2.10. The average molecular weight is 210 g/mol. The average Bonchev–Trinajstić information content (AvgIpc) is 2.25. The minimum absolute atomic E-state index is 0.336. The molecule has 0 radical (unpaired) electrons. The molecule has 1 N–H and O–H groups in total. The Morgan fingerprint density at radius 3 is 2.73 bits per heavy atom. The van der Waals surface area contributed by atoms with Crippen LogP contribution in [0.15, 0.2) is 24.3 Å². The Kier molecular flexibility index (Phi) is 4.12. The number of ether oxygens (including phenoxy) is 2. The van der Waals surface area contributed by atoms with E-state index in [1.165, 1.54) is 7.11 Å². The molecule has 0 heterocycles. The summed E-state index contributed by atoms with van der Waals surface area (Å²) >= 11 is 0. The predicted octanol–water partition coefficient (Wildman–Crippen LogP) is 1.34. The summed E-state index contributed by atoms with van der Waals surface area (Å²) in [4.78, 5) is 10.7. The number of aliphatic carboxylic acids is 1. The van der Waals surface area contributed by atoms with E-state index in [9.17, 15) is 4.79 Å². The lowest BCUT2D eigenvalue weighted by molar-refractivity contribution is -0.148. The van der Waals surface area contributed by atoms with E-state index < -0.39 is 12.1 Å². The Labute approximate surface area is 88.4 Å². The highest BCUT2D eigenvalue weighted by Crippen LogP contribution is 2.14. The molecule has 0 amide bonds. The van der Waals surface area contributed by atoms with Gasteiger partial charge in [-0.05, 0) is 17.7 Å². The van der Waals surface area contributed by atoms with E-state index >= 15 is 0 Å². The number of carboxylic acid groups (broad SMARTS) is 1. The van der Waals surface area contributed by atoms with Gasteiger partial charge in [0.25, 0.3) is 0 Å². The van der Waals surface area contributed by atoms with E-state index in [-0.39, 0.29) is 0 Å². The molecule has 1 rings (SSSR count). The van der Waals surface area contributed by atoms with Crippen LogP contribution >= 0.6 is 0 Å². The zero-order valence-electron chi connectivity index (χ0n) is 8.77. The van der Waals surface area contributed by atoms with E-state index in [2.05, 4.69) is 0 Å². The summed E-state index contributed by atoms with van der Waals surface area (Å²) < 4.78 is 9.89. The van der Waals surface area contributed by atoms with Crippen molar-refractivity contribution in [3.05, 3.63) is 29.8 Å². The zero-order valence-corrected chi connectivity index (χ0v) is 8.77. The number of carbonyl (C=O) groups is 1. The fourth-order valence-electron chi connectivity index (χ4n) is 1.28. The summed E-state index contributed by atoms with van der Waals surface area (Å²) in [5.41, 5.74) is 0.878. The first-order valence-electron chi connectivity index (χ1n) is 4.56.